The minimum Gasteiger partial charge on any atom is -0.388 e. The fourth-order valence-electron chi connectivity index (χ4n) is 5.35. The average molecular weight is 477 g/mol. The standard InChI is InChI=1S/C22H32N6O4S/c1-15-13-27(14-15)33(31,32)26-10-7-17(8-11-26)24-21-23-12-16-5-6-19(29)28(20(16)25-21)18-4-3-9-22(18,2)30/h5-6,12,15,17-18,30H,3-4,7-11,13-14H2,1-2H3,(H,23,24,25)/t18-,22-/m1/s1. The molecule has 0 amide bonds. The van der Waals surface area contributed by atoms with Crippen LogP contribution in [0.3, 0.4) is 0 Å². The largest absolute Gasteiger partial charge is 0.388 e. The summed E-state index contributed by atoms with van der Waals surface area (Å²) in [6.07, 6.45) is 5.23. The van der Waals surface area contributed by atoms with Gasteiger partial charge in [-0.15, -0.1) is 0 Å². The first-order chi connectivity index (χ1) is 15.6. The Balaban J connectivity index is 1.32. The second-order valence-corrected chi connectivity index (χ2v) is 12.0. The van der Waals surface area contributed by atoms with Crippen LogP contribution in [0.1, 0.15) is 52.0 Å². The lowest BCUT2D eigenvalue weighted by molar-refractivity contribution is 0.0267. The van der Waals surface area contributed by atoms with Crippen LogP contribution in [0, 0.1) is 5.92 Å². The van der Waals surface area contributed by atoms with Gasteiger partial charge in [0.2, 0.25) is 5.95 Å². The van der Waals surface area contributed by atoms with E-state index in [0.717, 1.165) is 18.2 Å². The predicted octanol–water partition coefficient (Wildman–Crippen LogP) is 1.34. The van der Waals surface area contributed by atoms with Crippen molar-refractivity contribution < 1.29 is 13.5 Å². The summed E-state index contributed by atoms with van der Waals surface area (Å²) in [7, 11) is -3.37. The number of aliphatic hydroxyl groups is 1. The SMILES string of the molecule is CC1CN(S(=O)(=O)N2CCC(Nc3ncc4ccc(=O)n([C@@H]5CCC[C@@]5(C)O)c4n3)CC2)C1. The third-order valence-corrected chi connectivity index (χ3v) is 9.30. The number of rotatable bonds is 5. The third kappa shape index (κ3) is 4.16. The molecule has 3 fully saturated rings. The summed E-state index contributed by atoms with van der Waals surface area (Å²) in [6.45, 7) is 5.93. The van der Waals surface area contributed by atoms with Crippen LogP contribution < -0.4 is 10.9 Å². The second kappa shape index (κ2) is 8.30. The van der Waals surface area contributed by atoms with E-state index < -0.39 is 15.8 Å². The molecule has 180 valence electrons. The van der Waals surface area contributed by atoms with E-state index in [-0.39, 0.29) is 17.6 Å². The Morgan fingerprint density at radius 3 is 2.52 bits per heavy atom. The number of nitrogens with zero attached hydrogens (tertiary/aromatic N) is 5. The van der Waals surface area contributed by atoms with Gasteiger partial charge >= 0.3 is 0 Å². The predicted molar refractivity (Wildman–Crippen MR) is 125 cm³/mol. The molecule has 0 bridgehead atoms. The molecule has 2 saturated heterocycles. The highest BCUT2D eigenvalue weighted by Gasteiger charge is 2.40. The maximum absolute atomic E-state index is 12.7. The topological polar surface area (TPSA) is 121 Å². The Morgan fingerprint density at radius 1 is 1.15 bits per heavy atom. The number of hydrogen-bond donors (Lipinski definition) is 2. The van der Waals surface area contributed by atoms with E-state index in [1.807, 2.05) is 0 Å². The van der Waals surface area contributed by atoms with Crippen LogP contribution in [0.2, 0.25) is 0 Å². The van der Waals surface area contributed by atoms with E-state index in [1.54, 1.807) is 32.4 Å². The summed E-state index contributed by atoms with van der Waals surface area (Å²) in [5, 5.41) is 14.9. The number of piperidine rings is 1. The number of hydrogen-bond acceptors (Lipinski definition) is 7. The molecule has 3 aliphatic rings. The van der Waals surface area contributed by atoms with E-state index in [0.29, 0.717) is 63.0 Å². The molecule has 0 unspecified atom stereocenters. The molecule has 33 heavy (non-hydrogen) atoms. The van der Waals surface area contributed by atoms with E-state index in [2.05, 4.69) is 22.2 Å². The number of aromatic nitrogens is 3. The quantitative estimate of drug-likeness (QED) is 0.668. The first-order valence-corrected chi connectivity index (χ1v) is 13.2. The molecule has 2 aromatic heterocycles. The molecule has 1 aliphatic carbocycles. The zero-order valence-corrected chi connectivity index (χ0v) is 20.0. The summed E-state index contributed by atoms with van der Waals surface area (Å²) >= 11 is 0. The minimum atomic E-state index is -3.37. The molecule has 5 rings (SSSR count). The van der Waals surface area contributed by atoms with Crippen molar-refractivity contribution in [2.75, 3.05) is 31.5 Å². The van der Waals surface area contributed by atoms with Crippen LogP contribution in [0.15, 0.2) is 23.1 Å². The van der Waals surface area contributed by atoms with Crippen LogP contribution in [-0.4, -0.2) is 74.5 Å². The first kappa shape index (κ1) is 22.7. The van der Waals surface area contributed by atoms with Gasteiger partial charge in [-0.1, -0.05) is 6.92 Å². The number of fused-ring (bicyclic) bond motifs is 1. The Kier molecular flexibility index (Phi) is 5.71. The van der Waals surface area contributed by atoms with E-state index in [9.17, 15) is 18.3 Å². The molecule has 1 saturated carbocycles. The maximum Gasteiger partial charge on any atom is 0.281 e. The normalized spacial score (nSPS) is 28.3. The summed E-state index contributed by atoms with van der Waals surface area (Å²) in [5.41, 5.74) is -0.624. The van der Waals surface area contributed by atoms with Crippen molar-refractivity contribution in [2.24, 2.45) is 5.92 Å². The summed E-state index contributed by atoms with van der Waals surface area (Å²) < 4.78 is 30.2. The molecule has 0 spiro atoms. The molecule has 2 atom stereocenters. The molecule has 11 heteroatoms. The molecular weight excluding hydrogens is 444 g/mol. The van der Waals surface area contributed by atoms with Crippen molar-refractivity contribution in [1.82, 2.24) is 23.1 Å². The minimum absolute atomic E-state index is 0.0442. The lowest BCUT2D eigenvalue weighted by atomic mass is 10.00. The van der Waals surface area contributed by atoms with Crippen molar-refractivity contribution in [1.29, 1.82) is 0 Å². The van der Waals surface area contributed by atoms with Gasteiger partial charge in [-0.25, -0.2) is 4.98 Å². The average Bonchev–Trinajstić information content (AvgIpc) is 3.10. The van der Waals surface area contributed by atoms with Crippen molar-refractivity contribution >= 4 is 27.2 Å². The fourth-order valence-corrected chi connectivity index (χ4v) is 7.24. The van der Waals surface area contributed by atoms with E-state index in [4.69, 9.17) is 0 Å². The van der Waals surface area contributed by atoms with Crippen LogP contribution in [0.5, 0.6) is 0 Å². The van der Waals surface area contributed by atoms with Gasteiger partial charge in [-0.2, -0.15) is 22.0 Å². The van der Waals surface area contributed by atoms with Crippen molar-refractivity contribution in [3.8, 4) is 0 Å². The fraction of sp³-hybridized carbons (Fsp3) is 0.682. The molecule has 2 aliphatic heterocycles. The smallest absolute Gasteiger partial charge is 0.281 e. The summed E-state index contributed by atoms with van der Waals surface area (Å²) in [6, 6.07) is 2.93. The highest BCUT2D eigenvalue weighted by molar-refractivity contribution is 7.86. The van der Waals surface area contributed by atoms with Crippen LogP contribution in [0.25, 0.3) is 11.0 Å². The van der Waals surface area contributed by atoms with Crippen LogP contribution in [0.4, 0.5) is 5.95 Å². The van der Waals surface area contributed by atoms with Gasteiger partial charge in [-0.05, 0) is 51.0 Å². The lowest BCUT2D eigenvalue weighted by Crippen LogP contribution is -2.56. The monoisotopic (exact) mass is 476 g/mol. The number of anilines is 1. The number of pyridine rings is 1. The molecule has 0 aromatic carbocycles. The Bertz CT molecular complexity index is 1200. The van der Waals surface area contributed by atoms with Crippen molar-refractivity contribution in [3.63, 3.8) is 0 Å². The zero-order chi connectivity index (χ0) is 23.4. The third-order valence-electron chi connectivity index (χ3n) is 7.33. The van der Waals surface area contributed by atoms with Crippen molar-refractivity contribution in [2.45, 2.75) is 63.6 Å². The van der Waals surface area contributed by atoms with Gasteiger partial charge in [0.1, 0.15) is 5.65 Å². The molecule has 2 N–H and O–H groups in total. The summed E-state index contributed by atoms with van der Waals surface area (Å²) in [4.78, 5) is 21.8. The van der Waals surface area contributed by atoms with Crippen molar-refractivity contribution in [3.05, 3.63) is 28.7 Å². The van der Waals surface area contributed by atoms with Gasteiger partial charge < -0.3 is 10.4 Å². The lowest BCUT2D eigenvalue weighted by Gasteiger charge is -2.41. The highest BCUT2D eigenvalue weighted by Crippen LogP contribution is 2.39. The van der Waals surface area contributed by atoms with E-state index in [1.165, 1.54) is 6.07 Å². The Morgan fingerprint density at radius 2 is 1.88 bits per heavy atom. The van der Waals surface area contributed by atoms with Gasteiger partial charge in [0, 0.05) is 49.9 Å². The Hall–Kier alpha value is -2.08. The maximum atomic E-state index is 12.7. The molecule has 0 radical (unpaired) electrons. The number of nitrogens with one attached hydrogen (secondary N) is 1. The molecule has 4 heterocycles. The van der Waals surface area contributed by atoms with E-state index >= 15 is 0 Å². The summed E-state index contributed by atoms with van der Waals surface area (Å²) in [5.74, 6) is 0.840. The van der Waals surface area contributed by atoms with Gasteiger partial charge in [-0.3, -0.25) is 9.36 Å². The van der Waals surface area contributed by atoms with Crippen LogP contribution in [-0.2, 0) is 10.2 Å². The highest BCUT2D eigenvalue weighted by atomic mass is 32.2. The molecule has 2 aromatic rings. The first-order valence-electron chi connectivity index (χ1n) is 11.8. The van der Waals surface area contributed by atoms with Gasteiger partial charge in [0.15, 0.2) is 0 Å². The van der Waals surface area contributed by atoms with Crippen LogP contribution >= 0.6 is 0 Å². The molecule has 10 nitrogen and oxygen atoms in total. The second-order valence-electron chi connectivity index (χ2n) is 10.0. The van der Waals surface area contributed by atoms with Gasteiger partial charge in [0.25, 0.3) is 15.8 Å². The van der Waals surface area contributed by atoms with Gasteiger partial charge in [0.05, 0.1) is 11.6 Å². The zero-order valence-electron chi connectivity index (χ0n) is 19.1. The Labute approximate surface area is 193 Å². The molecular formula is C22H32N6O4S.